The first-order valence-electron chi connectivity index (χ1n) is 9.66. The summed E-state index contributed by atoms with van der Waals surface area (Å²) in [6.07, 6.45) is 6.71. The van der Waals surface area contributed by atoms with Crippen molar-refractivity contribution in [2.45, 2.75) is 63.2 Å². The first kappa shape index (κ1) is 17.0. The molecule has 25 heavy (non-hydrogen) atoms. The van der Waals surface area contributed by atoms with Crippen LogP contribution in [0, 0.1) is 0 Å². The first-order chi connectivity index (χ1) is 12.0. The molecule has 5 nitrogen and oxygen atoms in total. The Morgan fingerprint density at radius 2 is 1.96 bits per heavy atom. The highest BCUT2D eigenvalue weighted by molar-refractivity contribution is 5.89. The molecule has 3 heterocycles. The van der Waals surface area contributed by atoms with Crippen LogP contribution >= 0.6 is 0 Å². The van der Waals surface area contributed by atoms with Gasteiger partial charge in [0.05, 0.1) is 12.1 Å². The summed E-state index contributed by atoms with van der Waals surface area (Å²) in [5, 5.41) is 0. The fourth-order valence-corrected chi connectivity index (χ4v) is 4.24. The third kappa shape index (κ3) is 3.32. The number of piperidine rings is 1. The monoisotopic (exact) mass is 343 g/mol. The van der Waals surface area contributed by atoms with E-state index in [0.717, 1.165) is 64.0 Å². The molecule has 2 spiro atoms. The van der Waals surface area contributed by atoms with Crippen molar-refractivity contribution in [3.8, 4) is 0 Å². The van der Waals surface area contributed by atoms with Crippen LogP contribution in [0.15, 0.2) is 24.4 Å². The largest absolute Gasteiger partial charge is 0.357 e. The lowest BCUT2D eigenvalue weighted by atomic mass is 9.87. The quantitative estimate of drug-likeness (QED) is 0.841. The van der Waals surface area contributed by atoms with Gasteiger partial charge in [-0.2, -0.15) is 0 Å². The van der Waals surface area contributed by atoms with Crippen molar-refractivity contribution < 1.29 is 9.53 Å². The molecule has 0 aromatic carbocycles. The molecule has 2 saturated heterocycles. The number of hydrogen-bond acceptors (Lipinski definition) is 4. The predicted octanol–water partition coefficient (Wildman–Crippen LogP) is 2.26. The number of amides is 1. The number of nitrogens with zero attached hydrogens (tertiary/aromatic N) is 3. The molecule has 2 aliphatic heterocycles. The second kappa shape index (κ2) is 6.36. The molecule has 0 radical (unpaired) electrons. The number of hydrogen-bond donors (Lipinski definition) is 0. The van der Waals surface area contributed by atoms with Gasteiger partial charge in [-0.25, -0.2) is 0 Å². The fraction of sp³-hybridized carbons (Fsp3) is 0.700. The Balaban J connectivity index is 1.36. The van der Waals surface area contributed by atoms with Gasteiger partial charge in [0.15, 0.2) is 0 Å². The standard InChI is InChI=1S/C20H29N3O2/c1-16(2)23-15-19(25-20(7-8-20)18(23)24)9-13-22(14-10-19)12-6-17-5-3-4-11-21-17/h3-5,11,16H,6-10,12-15H2,1-2H3. The number of carbonyl (C=O) groups is 1. The van der Waals surface area contributed by atoms with Crippen molar-refractivity contribution >= 4 is 5.91 Å². The number of likely N-dealkylation sites (tertiary alicyclic amines) is 1. The van der Waals surface area contributed by atoms with Crippen molar-refractivity contribution in [3.63, 3.8) is 0 Å². The number of pyridine rings is 1. The molecular formula is C20H29N3O2. The van der Waals surface area contributed by atoms with Gasteiger partial charge in [-0.3, -0.25) is 9.78 Å². The zero-order valence-corrected chi connectivity index (χ0v) is 15.4. The third-order valence-corrected chi connectivity index (χ3v) is 6.03. The Kier molecular flexibility index (Phi) is 4.32. The van der Waals surface area contributed by atoms with E-state index >= 15 is 0 Å². The highest BCUT2D eigenvalue weighted by atomic mass is 16.5. The molecule has 0 bridgehead atoms. The number of ether oxygens (including phenoxy) is 1. The second-order valence-electron chi connectivity index (χ2n) is 8.22. The van der Waals surface area contributed by atoms with Gasteiger partial charge >= 0.3 is 0 Å². The molecule has 5 heteroatoms. The Morgan fingerprint density at radius 3 is 2.56 bits per heavy atom. The molecule has 3 fully saturated rings. The summed E-state index contributed by atoms with van der Waals surface area (Å²) >= 11 is 0. The smallest absolute Gasteiger partial charge is 0.255 e. The van der Waals surface area contributed by atoms with Crippen molar-refractivity contribution in [3.05, 3.63) is 30.1 Å². The number of morpholine rings is 1. The van der Waals surface area contributed by atoms with Crippen LogP contribution in [0.3, 0.4) is 0 Å². The van der Waals surface area contributed by atoms with Crippen molar-refractivity contribution in [1.29, 1.82) is 0 Å². The first-order valence-corrected chi connectivity index (χ1v) is 9.66. The number of rotatable bonds is 4. The lowest BCUT2D eigenvalue weighted by Gasteiger charge is -2.51. The van der Waals surface area contributed by atoms with E-state index in [-0.39, 0.29) is 17.6 Å². The summed E-state index contributed by atoms with van der Waals surface area (Å²) in [7, 11) is 0. The SMILES string of the molecule is CC(C)N1CC2(CCN(CCc3ccccn3)CC2)OC2(CC2)C1=O. The predicted molar refractivity (Wildman–Crippen MR) is 96.2 cm³/mol. The second-order valence-corrected chi connectivity index (χ2v) is 8.22. The molecule has 0 atom stereocenters. The zero-order chi connectivity index (χ0) is 17.5. The zero-order valence-electron chi connectivity index (χ0n) is 15.4. The van der Waals surface area contributed by atoms with Crippen LogP contribution < -0.4 is 0 Å². The van der Waals surface area contributed by atoms with Crippen molar-refractivity contribution in [2.75, 3.05) is 26.2 Å². The van der Waals surface area contributed by atoms with Gasteiger partial charge in [0, 0.05) is 44.0 Å². The lowest BCUT2D eigenvalue weighted by molar-refractivity contribution is -0.203. The summed E-state index contributed by atoms with van der Waals surface area (Å²) in [4.78, 5) is 21.7. The normalized spacial score (nSPS) is 25.1. The summed E-state index contributed by atoms with van der Waals surface area (Å²) in [6, 6.07) is 6.37. The minimum Gasteiger partial charge on any atom is -0.357 e. The topological polar surface area (TPSA) is 45.7 Å². The van der Waals surface area contributed by atoms with Crippen LogP contribution in [-0.4, -0.2) is 64.1 Å². The van der Waals surface area contributed by atoms with Gasteiger partial charge < -0.3 is 14.5 Å². The summed E-state index contributed by atoms with van der Waals surface area (Å²) < 4.78 is 6.49. The van der Waals surface area contributed by atoms with E-state index in [9.17, 15) is 4.79 Å². The minimum absolute atomic E-state index is 0.129. The highest BCUT2D eigenvalue weighted by Crippen LogP contribution is 2.50. The molecule has 1 aliphatic carbocycles. The molecule has 3 aliphatic rings. The van der Waals surface area contributed by atoms with Gasteiger partial charge in [-0.05, 0) is 51.7 Å². The van der Waals surface area contributed by atoms with Crippen molar-refractivity contribution in [1.82, 2.24) is 14.8 Å². The van der Waals surface area contributed by atoms with Crippen LogP contribution in [0.4, 0.5) is 0 Å². The Labute approximate surface area is 150 Å². The van der Waals surface area contributed by atoms with E-state index in [2.05, 4.69) is 40.8 Å². The minimum atomic E-state index is -0.474. The molecule has 136 valence electrons. The van der Waals surface area contributed by atoms with Gasteiger partial charge in [0.1, 0.15) is 5.60 Å². The molecule has 1 amide bonds. The van der Waals surface area contributed by atoms with E-state index < -0.39 is 5.60 Å². The molecule has 0 unspecified atom stereocenters. The maximum atomic E-state index is 12.7. The lowest BCUT2D eigenvalue weighted by Crippen LogP contribution is -2.64. The highest BCUT2D eigenvalue weighted by Gasteiger charge is 2.62. The van der Waals surface area contributed by atoms with E-state index in [4.69, 9.17) is 4.74 Å². The van der Waals surface area contributed by atoms with Crippen LogP contribution in [-0.2, 0) is 16.0 Å². The van der Waals surface area contributed by atoms with Crippen LogP contribution in [0.25, 0.3) is 0 Å². The van der Waals surface area contributed by atoms with Crippen LogP contribution in [0.1, 0.15) is 45.2 Å². The number of carbonyl (C=O) groups excluding carboxylic acids is 1. The molecule has 0 N–H and O–H groups in total. The fourth-order valence-electron chi connectivity index (χ4n) is 4.24. The van der Waals surface area contributed by atoms with Gasteiger partial charge in [0.2, 0.25) is 0 Å². The van der Waals surface area contributed by atoms with Gasteiger partial charge in [0.25, 0.3) is 5.91 Å². The maximum Gasteiger partial charge on any atom is 0.255 e. The van der Waals surface area contributed by atoms with Gasteiger partial charge in [-0.1, -0.05) is 6.07 Å². The molecule has 1 saturated carbocycles. The molecular weight excluding hydrogens is 314 g/mol. The maximum absolute atomic E-state index is 12.7. The van der Waals surface area contributed by atoms with Crippen LogP contribution in [0.5, 0.6) is 0 Å². The summed E-state index contributed by atoms with van der Waals surface area (Å²) in [5.74, 6) is 0.228. The Bertz CT molecular complexity index is 619. The number of aromatic nitrogens is 1. The average molecular weight is 343 g/mol. The molecule has 4 rings (SSSR count). The van der Waals surface area contributed by atoms with Crippen LogP contribution in [0.2, 0.25) is 0 Å². The van der Waals surface area contributed by atoms with Gasteiger partial charge in [-0.15, -0.1) is 0 Å². The van der Waals surface area contributed by atoms with E-state index in [1.807, 2.05) is 12.3 Å². The molecule has 1 aromatic rings. The Hall–Kier alpha value is -1.46. The van der Waals surface area contributed by atoms with E-state index in [0.29, 0.717) is 0 Å². The summed E-state index contributed by atoms with van der Waals surface area (Å²) in [6.45, 7) is 8.14. The summed E-state index contributed by atoms with van der Waals surface area (Å²) in [5.41, 5.74) is 0.555. The third-order valence-electron chi connectivity index (χ3n) is 6.03. The molecule has 1 aromatic heterocycles. The average Bonchev–Trinajstić information content (AvgIpc) is 3.39. The Morgan fingerprint density at radius 1 is 1.20 bits per heavy atom. The van der Waals surface area contributed by atoms with Crippen molar-refractivity contribution in [2.24, 2.45) is 0 Å². The van der Waals surface area contributed by atoms with E-state index in [1.165, 1.54) is 0 Å². The van der Waals surface area contributed by atoms with E-state index in [1.54, 1.807) is 0 Å².